The van der Waals surface area contributed by atoms with E-state index in [4.69, 9.17) is 0 Å². The van der Waals surface area contributed by atoms with Crippen molar-refractivity contribution in [2.75, 3.05) is 0 Å². The molecule has 0 spiro atoms. The van der Waals surface area contributed by atoms with Crippen molar-refractivity contribution in [2.45, 2.75) is 46.1 Å². The van der Waals surface area contributed by atoms with E-state index < -0.39 is 11.2 Å². The highest BCUT2D eigenvalue weighted by Gasteiger charge is 2.18. The summed E-state index contributed by atoms with van der Waals surface area (Å²) in [4.78, 5) is 44.9. The fourth-order valence-electron chi connectivity index (χ4n) is 2.95. The molecule has 2 heterocycles. The van der Waals surface area contributed by atoms with Crippen molar-refractivity contribution in [3.8, 4) is 11.5 Å². The number of aldehydes is 1. The van der Waals surface area contributed by atoms with E-state index in [-0.39, 0.29) is 5.69 Å². The largest absolute Gasteiger partial charge is 0.349 e. The summed E-state index contributed by atoms with van der Waals surface area (Å²) in [7, 11) is 0. The first-order valence-corrected chi connectivity index (χ1v) is 8.36. The number of nitrogens with one attached hydrogen (secondary N) is 1. The molecule has 0 bridgehead atoms. The van der Waals surface area contributed by atoms with Crippen LogP contribution < -0.4 is 11.2 Å². The van der Waals surface area contributed by atoms with Gasteiger partial charge < -0.3 is 9.36 Å². The normalized spacial score (nSPS) is 11.3. The van der Waals surface area contributed by atoms with Gasteiger partial charge >= 0.3 is 5.69 Å². The molecule has 3 rings (SSSR count). The molecule has 0 aromatic heterocycles. The molecule has 7 heteroatoms. The fourth-order valence-corrected chi connectivity index (χ4v) is 2.95. The Labute approximate surface area is 144 Å². The summed E-state index contributed by atoms with van der Waals surface area (Å²) < 4.78 is 1.89. The number of H-pyrrole nitrogens is 1. The third-order valence-electron chi connectivity index (χ3n) is 4.43. The number of aryl methyl sites for hydroxylation is 3. The van der Waals surface area contributed by atoms with Crippen LogP contribution in [-0.4, -0.2) is 25.8 Å². The molecule has 0 saturated carbocycles. The SMILES string of the molecule is Cc1cc2nc3c(=O)[nH]c(=O)nc-3n(CCCCCC=O)c2cc1C. The van der Waals surface area contributed by atoms with E-state index in [2.05, 4.69) is 15.0 Å². The highest BCUT2D eigenvalue weighted by Crippen LogP contribution is 2.24. The van der Waals surface area contributed by atoms with Crippen LogP contribution in [0.4, 0.5) is 0 Å². The number of unbranched alkanes of at least 4 members (excludes halogenated alkanes) is 3. The first kappa shape index (κ1) is 17.0. The molecule has 25 heavy (non-hydrogen) atoms. The lowest BCUT2D eigenvalue weighted by Gasteiger charge is -2.17. The molecule has 1 aromatic carbocycles. The number of carbonyl (C=O) groups excluding carboxylic acids is 1. The molecule has 1 aromatic rings. The van der Waals surface area contributed by atoms with Crippen molar-refractivity contribution in [1.82, 2.24) is 19.5 Å². The van der Waals surface area contributed by atoms with Crippen molar-refractivity contribution in [3.63, 3.8) is 0 Å². The summed E-state index contributed by atoms with van der Waals surface area (Å²) in [5, 5.41) is 0. The maximum Gasteiger partial charge on any atom is 0.349 e. The van der Waals surface area contributed by atoms with E-state index in [9.17, 15) is 14.4 Å². The third-order valence-corrected chi connectivity index (χ3v) is 4.43. The van der Waals surface area contributed by atoms with Gasteiger partial charge in [0.1, 0.15) is 6.29 Å². The molecule has 7 nitrogen and oxygen atoms in total. The zero-order valence-electron chi connectivity index (χ0n) is 14.3. The van der Waals surface area contributed by atoms with Gasteiger partial charge in [0, 0.05) is 13.0 Å². The topological polar surface area (TPSA) is 97.7 Å². The monoisotopic (exact) mass is 340 g/mol. The Balaban J connectivity index is 2.17. The molecule has 1 N–H and O–H groups in total. The Morgan fingerprint density at radius 3 is 2.60 bits per heavy atom. The molecule has 0 saturated heterocycles. The van der Waals surface area contributed by atoms with Crippen LogP contribution in [0.25, 0.3) is 22.6 Å². The second kappa shape index (κ2) is 6.96. The van der Waals surface area contributed by atoms with Gasteiger partial charge in [-0.2, -0.15) is 4.98 Å². The second-order valence-corrected chi connectivity index (χ2v) is 6.25. The zero-order valence-corrected chi connectivity index (χ0v) is 14.3. The van der Waals surface area contributed by atoms with Crippen LogP contribution in [0, 0.1) is 13.8 Å². The Kier molecular flexibility index (Phi) is 4.74. The van der Waals surface area contributed by atoms with Gasteiger partial charge in [0.15, 0.2) is 11.5 Å². The van der Waals surface area contributed by atoms with Gasteiger partial charge in [-0.3, -0.25) is 9.78 Å². The van der Waals surface area contributed by atoms with Crippen molar-refractivity contribution in [3.05, 3.63) is 44.1 Å². The maximum atomic E-state index is 12.2. The van der Waals surface area contributed by atoms with Crippen molar-refractivity contribution >= 4 is 17.3 Å². The molecule has 130 valence electrons. The Morgan fingerprint density at radius 2 is 1.84 bits per heavy atom. The van der Waals surface area contributed by atoms with Crippen LogP contribution in [-0.2, 0) is 11.3 Å². The van der Waals surface area contributed by atoms with Gasteiger partial charge in [-0.15, -0.1) is 0 Å². The Hall–Kier alpha value is -2.83. The smallest absolute Gasteiger partial charge is 0.322 e. The lowest BCUT2D eigenvalue weighted by Crippen LogP contribution is -2.29. The molecule has 0 radical (unpaired) electrons. The molecule has 2 aliphatic heterocycles. The van der Waals surface area contributed by atoms with Crippen molar-refractivity contribution in [1.29, 1.82) is 0 Å². The predicted molar refractivity (Wildman–Crippen MR) is 95.0 cm³/mol. The first-order chi connectivity index (χ1) is 12.0. The highest BCUT2D eigenvalue weighted by atomic mass is 16.2. The average Bonchev–Trinajstić information content (AvgIpc) is 2.56. The first-order valence-electron chi connectivity index (χ1n) is 8.36. The Bertz CT molecular complexity index is 1020. The number of aromatic nitrogens is 4. The van der Waals surface area contributed by atoms with Crippen LogP contribution in [0.15, 0.2) is 21.7 Å². The van der Waals surface area contributed by atoms with Gasteiger partial charge in [0.05, 0.1) is 11.0 Å². The minimum absolute atomic E-state index is 0.170. The number of nitrogens with zero attached hydrogens (tertiary/aromatic N) is 3. The molecule has 2 aliphatic rings. The van der Waals surface area contributed by atoms with E-state index in [1.165, 1.54) is 0 Å². The molecular weight excluding hydrogens is 320 g/mol. The van der Waals surface area contributed by atoms with Crippen LogP contribution >= 0.6 is 0 Å². The number of hydrogen-bond acceptors (Lipinski definition) is 5. The number of carbonyl (C=O) groups is 1. The van der Waals surface area contributed by atoms with Crippen LogP contribution in [0.5, 0.6) is 0 Å². The molecule has 0 aliphatic carbocycles. The highest BCUT2D eigenvalue weighted by molar-refractivity contribution is 5.81. The fraction of sp³-hybridized carbons (Fsp3) is 0.389. The van der Waals surface area contributed by atoms with Crippen LogP contribution in [0.2, 0.25) is 0 Å². The molecular formula is C18H20N4O3. The quantitative estimate of drug-likeness (QED) is 0.420. The minimum atomic E-state index is -0.669. The van der Waals surface area contributed by atoms with Crippen molar-refractivity contribution < 1.29 is 4.79 Å². The standard InChI is InChI=1S/C18H20N4O3/c1-11-9-13-14(10-12(11)2)22(7-5-3-4-6-8-23)16-15(19-13)17(24)21-18(25)20-16/h8-10H,3-7H2,1-2H3,(H,21,24,25). The number of hydrogen-bond donors (Lipinski definition) is 1. The van der Waals surface area contributed by atoms with Gasteiger partial charge in [0.2, 0.25) is 0 Å². The maximum absolute atomic E-state index is 12.2. The number of rotatable bonds is 6. The van der Waals surface area contributed by atoms with E-state index in [1.807, 2.05) is 30.5 Å². The molecule has 0 atom stereocenters. The van der Waals surface area contributed by atoms with E-state index in [0.29, 0.717) is 24.3 Å². The lowest BCUT2D eigenvalue weighted by atomic mass is 10.1. The van der Waals surface area contributed by atoms with E-state index in [1.54, 1.807) is 0 Å². The summed E-state index contributed by atoms with van der Waals surface area (Å²) in [6.45, 7) is 4.61. The summed E-state index contributed by atoms with van der Waals surface area (Å²) in [6.07, 6.45) is 3.99. The number of fused-ring (bicyclic) bond motifs is 2. The van der Waals surface area contributed by atoms with Gasteiger partial charge in [-0.25, -0.2) is 9.78 Å². The van der Waals surface area contributed by atoms with Crippen LogP contribution in [0.3, 0.4) is 0 Å². The minimum Gasteiger partial charge on any atom is -0.322 e. The van der Waals surface area contributed by atoms with E-state index >= 15 is 0 Å². The van der Waals surface area contributed by atoms with Crippen molar-refractivity contribution in [2.24, 2.45) is 0 Å². The molecule has 0 amide bonds. The Morgan fingerprint density at radius 1 is 1.08 bits per heavy atom. The predicted octanol–water partition coefficient (Wildman–Crippen LogP) is 1.96. The third kappa shape index (κ3) is 3.35. The zero-order chi connectivity index (χ0) is 18.0. The summed E-state index contributed by atoms with van der Waals surface area (Å²) >= 11 is 0. The molecule has 0 unspecified atom stereocenters. The molecule has 0 fully saturated rings. The summed E-state index contributed by atoms with van der Waals surface area (Å²) in [5.41, 5.74) is 2.72. The van der Waals surface area contributed by atoms with E-state index in [0.717, 1.165) is 42.2 Å². The van der Waals surface area contributed by atoms with Gasteiger partial charge in [-0.05, 0) is 49.9 Å². The van der Waals surface area contributed by atoms with Gasteiger partial charge in [-0.1, -0.05) is 6.42 Å². The number of benzene rings is 1. The number of aromatic amines is 1. The lowest BCUT2D eigenvalue weighted by molar-refractivity contribution is -0.107. The summed E-state index contributed by atoms with van der Waals surface area (Å²) in [6, 6.07) is 3.95. The van der Waals surface area contributed by atoms with Gasteiger partial charge in [0.25, 0.3) is 5.56 Å². The second-order valence-electron chi connectivity index (χ2n) is 6.25. The van der Waals surface area contributed by atoms with Crippen LogP contribution in [0.1, 0.15) is 36.8 Å². The summed E-state index contributed by atoms with van der Waals surface area (Å²) in [5.74, 6) is 0.305. The average molecular weight is 340 g/mol.